The quantitative estimate of drug-likeness (QED) is 0.846. The van der Waals surface area contributed by atoms with Crippen LogP contribution in [-0.4, -0.2) is 38.7 Å². The van der Waals surface area contributed by atoms with E-state index in [2.05, 4.69) is 10.1 Å². The highest BCUT2D eigenvalue weighted by Gasteiger charge is 2.25. The predicted molar refractivity (Wildman–Crippen MR) is 77.9 cm³/mol. The smallest absolute Gasteiger partial charge is 0.255 e. The number of aromatic amines is 1. The van der Waals surface area contributed by atoms with Gasteiger partial charge in [-0.3, -0.25) is 14.3 Å². The Morgan fingerprint density at radius 2 is 2.05 bits per heavy atom. The van der Waals surface area contributed by atoms with Crippen LogP contribution in [0.15, 0.2) is 35.4 Å². The molecule has 0 aromatic carbocycles. The third kappa shape index (κ3) is 2.81. The zero-order chi connectivity index (χ0) is 14.8. The molecular formula is C14H17N5O2. The molecule has 3 rings (SSSR count). The number of hydrogen-bond donors (Lipinski definition) is 2. The zero-order valence-electron chi connectivity index (χ0n) is 11.5. The van der Waals surface area contributed by atoms with E-state index < -0.39 is 0 Å². The number of nitrogen functional groups attached to an aromatic ring is 1. The van der Waals surface area contributed by atoms with E-state index in [1.807, 2.05) is 10.9 Å². The first-order chi connectivity index (χ1) is 10.1. The minimum Gasteiger partial charge on any atom is -0.382 e. The average Bonchev–Trinajstić information content (AvgIpc) is 2.94. The highest BCUT2D eigenvalue weighted by atomic mass is 16.2. The molecule has 7 nitrogen and oxygen atoms in total. The lowest BCUT2D eigenvalue weighted by Crippen LogP contribution is -2.39. The summed E-state index contributed by atoms with van der Waals surface area (Å²) in [4.78, 5) is 27.7. The molecule has 3 N–H and O–H groups in total. The molecule has 1 fully saturated rings. The number of nitrogens with one attached hydrogen (secondary N) is 1. The van der Waals surface area contributed by atoms with Gasteiger partial charge in [0.2, 0.25) is 5.56 Å². The van der Waals surface area contributed by atoms with Crippen LogP contribution in [0.25, 0.3) is 0 Å². The van der Waals surface area contributed by atoms with Gasteiger partial charge in [0.1, 0.15) is 5.82 Å². The predicted octanol–water partition coefficient (Wildman–Crippen LogP) is 0.631. The van der Waals surface area contributed by atoms with Crippen molar-refractivity contribution in [1.82, 2.24) is 19.7 Å². The molecule has 0 saturated carbocycles. The summed E-state index contributed by atoms with van der Waals surface area (Å²) in [7, 11) is 0. The van der Waals surface area contributed by atoms with Crippen molar-refractivity contribution in [2.75, 3.05) is 18.8 Å². The SMILES string of the molecule is Nc1ccn(C2CCN(C(=O)c3ccc(=O)[nH]c3)CC2)n1. The van der Waals surface area contributed by atoms with E-state index in [-0.39, 0.29) is 17.5 Å². The lowest BCUT2D eigenvalue weighted by Gasteiger charge is -2.32. The number of piperidine rings is 1. The fraction of sp³-hybridized carbons (Fsp3) is 0.357. The minimum atomic E-state index is -0.207. The van der Waals surface area contributed by atoms with E-state index in [0.717, 1.165) is 12.8 Å². The van der Waals surface area contributed by atoms with Crippen LogP contribution in [0.3, 0.4) is 0 Å². The summed E-state index contributed by atoms with van der Waals surface area (Å²) in [5, 5.41) is 4.22. The van der Waals surface area contributed by atoms with Gasteiger partial charge in [-0.05, 0) is 25.0 Å². The van der Waals surface area contributed by atoms with Crippen LogP contribution < -0.4 is 11.3 Å². The van der Waals surface area contributed by atoms with Gasteiger partial charge in [0.05, 0.1) is 11.6 Å². The Kier molecular flexibility index (Phi) is 3.47. The average molecular weight is 287 g/mol. The van der Waals surface area contributed by atoms with E-state index in [1.165, 1.54) is 12.3 Å². The third-order valence-electron chi connectivity index (χ3n) is 3.79. The third-order valence-corrected chi connectivity index (χ3v) is 3.79. The molecule has 0 unspecified atom stereocenters. The van der Waals surface area contributed by atoms with Gasteiger partial charge in [0.25, 0.3) is 5.91 Å². The van der Waals surface area contributed by atoms with Gasteiger partial charge in [0.15, 0.2) is 0 Å². The van der Waals surface area contributed by atoms with Crippen molar-refractivity contribution < 1.29 is 4.79 Å². The number of likely N-dealkylation sites (tertiary alicyclic amines) is 1. The first-order valence-electron chi connectivity index (χ1n) is 6.92. The van der Waals surface area contributed by atoms with Gasteiger partial charge < -0.3 is 15.6 Å². The fourth-order valence-corrected chi connectivity index (χ4v) is 2.62. The lowest BCUT2D eigenvalue weighted by molar-refractivity contribution is 0.0689. The number of carbonyl (C=O) groups excluding carboxylic acids is 1. The summed E-state index contributed by atoms with van der Waals surface area (Å²) in [6, 6.07) is 4.98. The number of carbonyl (C=O) groups is 1. The van der Waals surface area contributed by atoms with E-state index >= 15 is 0 Å². The number of rotatable bonds is 2. The summed E-state index contributed by atoms with van der Waals surface area (Å²) in [5.74, 6) is 0.464. The number of aromatic nitrogens is 3. The van der Waals surface area contributed by atoms with Crippen molar-refractivity contribution in [1.29, 1.82) is 0 Å². The minimum absolute atomic E-state index is 0.0512. The van der Waals surface area contributed by atoms with Gasteiger partial charge in [-0.1, -0.05) is 0 Å². The second-order valence-corrected chi connectivity index (χ2v) is 5.19. The molecule has 0 bridgehead atoms. The highest BCUT2D eigenvalue weighted by Crippen LogP contribution is 2.23. The topological polar surface area (TPSA) is 97.0 Å². The second-order valence-electron chi connectivity index (χ2n) is 5.19. The Bertz CT molecular complexity index is 677. The van der Waals surface area contributed by atoms with Crippen LogP contribution in [-0.2, 0) is 0 Å². The molecule has 0 aliphatic carbocycles. The molecule has 3 heterocycles. The molecule has 7 heteroatoms. The van der Waals surface area contributed by atoms with Crippen molar-refractivity contribution in [2.45, 2.75) is 18.9 Å². The monoisotopic (exact) mass is 287 g/mol. The maximum absolute atomic E-state index is 12.3. The van der Waals surface area contributed by atoms with Crippen molar-refractivity contribution in [3.63, 3.8) is 0 Å². The number of hydrogen-bond acceptors (Lipinski definition) is 4. The number of amides is 1. The van der Waals surface area contributed by atoms with E-state index in [0.29, 0.717) is 24.5 Å². The Morgan fingerprint density at radius 1 is 1.29 bits per heavy atom. The summed E-state index contributed by atoms with van der Waals surface area (Å²) in [6.45, 7) is 1.34. The van der Waals surface area contributed by atoms with E-state index in [9.17, 15) is 9.59 Å². The molecule has 0 atom stereocenters. The second kappa shape index (κ2) is 5.43. The first-order valence-corrected chi connectivity index (χ1v) is 6.92. The lowest BCUT2D eigenvalue weighted by atomic mass is 10.0. The van der Waals surface area contributed by atoms with E-state index in [1.54, 1.807) is 17.0 Å². The van der Waals surface area contributed by atoms with Crippen LogP contribution in [0.2, 0.25) is 0 Å². The zero-order valence-corrected chi connectivity index (χ0v) is 11.5. The van der Waals surface area contributed by atoms with Crippen molar-refractivity contribution in [3.05, 3.63) is 46.5 Å². The van der Waals surface area contributed by atoms with Crippen molar-refractivity contribution in [3.8, 4) is 0 Å². The van der Waals surface area contributed by atoms with Crippen LogP contribution in [0.1, 0.15) is 29.2 Å². The number of anilines is 1. The summed E-state index contributed by atoms with van der Waals surface area (Å²) in [5.41, 5.74) is 5.93. The van der Waals surface area contributed by atoms with Gasteiger partial charge in [-0.2, -0.15) is 5.10 Å². The Hall–Kier alpha value is -2.57. The molecule has 2 aromatic rings. The maximum atomic E-state index is 12.3. The number of H-pyrrole nitrogens is 1. The molecule has 110 valence electrons. The standard InChI is InChI=1S/C14H17N5O2/c15-12-5-8-19(17-12)11-3-6-18(7-4-11)14(21)10-1-2-13(20)16-9-10/h1-2,5,8-9,11H,3-4,6-7H2,(H2,15,17)(H,16,20). The van der Waals surface area contributed by atoms with Gasteiger partial charge >= 0.3 is 0 Å². The molecule has 1 saturated heterocycles. The van der Waals surface area contributed by atoms with Gasteiger partial charge in [0, 0.05) is 31.5 Å². The number of pyridine rings is 1. The Balaban J connectivity index is 1.64. The molecule has 1 aliphatic rings. The van der Waals surface area contributed by atoms with Crippen molar-refractivity contribution in [2.24, 2.45) is 0 Å². The molecule has 2 aromatic heterocycles. The number of nitrogens with two attached hydrogens (primary N) is 1. The van der Waals surface area contributed by atoms with Crippen LogP contribution in [0.4, 0.5) is 5.82 Å². The van der Waals surface area contributed by atoms with Crippen molar-refractivity contribution >= 4 is 11.7 Å². The summed E-state index contributed by atoms with van der Waals surface area (Å²) >= 11 is 0. The molecular weight excluding hydrogens is 270 g/mol. The molecule has 0 spiro atoms. The molecule has 0 radical (unpaired) electrons. The van der Waals surface area contributed by atoms with Crippen LogP contribution in [0, 0.1) is 0 Å². The van der Waals surface area contributed by atoms with E-state index in [4.69, 9.17) is 5.73 Å². The van der Waals surface area contributed by atoms with Gasteiger partial charge in [-0.25, -0.2) is 0 Å². The fourth-order valence-electron chi connectivity index (χ4n) is 2.62. The molecule has 21 heavy (non-hydrogen) atoms. The Labute approximate surface area is 121 Å². The Morgan fingerprint density at radius 3 is 2.62 bits per heavy atom. The number of nitrogens with zero attached hydrogens (tertiary/aromatic N) is 3. The first kappa shape index (κ1) is 13.4. The normalized spacial score (nSPS) is 16.1. The summed E-state index contributed by atoms with van der Waals surface area (Å²) < 4.78 is 1.87. The maximum Gasteiger partial charge on any atom is 0.255 e. The largest absolute Gasteiger partial charge is 0.382 e. The summed E-state index contributed by atoms with van der Waals surface area (Å²) in [6.07, 6.45) is 5.02. The highest BCUT2D eigenvalue weighted by molar-refractivity contribution is 5.93. The van der Waals surface area contributed by atoms with Crippen LogP contribution >= 0.6 is 0 Å². The van der Waals surface area contributed by atoms with Crippen LogP contribution in [0.5, 0.6) is 0 Å². The van der Waals surface area contributed by atoms with Gasteiger partial charge in [-0.15, -0.1) is 0 Å². The molecule has 1 amide bonds. The molecule has 1 aliphatic heterocycles.